The van der Waals surface area contributed by atoms with Crippen molar-refractivity contribution in [3.8, 4) is 11.8 Å². The van der Waals surface area contributed by atoms with Gasteiger partial charge in [-0.1, -0.05) is 0 Å². The zero-order valence-electron chi connectivity index (χ0n) is 20.1. The van der Waals surface area contributed by atoms with Gasteiger partial charge in [-0.2, -0.15) is 18.4 Å². The molecule has 0 bridgehead atoms. The van der Waals surface area contributed by atoms with Crippen LogP contribution in [0.5, 0.6) is 5.75 Å². The van der Waals surface area contributed by atoms with E-state index in [1.165, 1.54) is 24.3 Å². The maximum absolute atomic E-state index is 14.6. The predicted molar refractivity (Wildman–Crippen MR) is 132 cm³/mol. The summed E-state index contributed by atoms with van der Waals surface area (Å²) in [5.74, 6) is -1.09. The number of carbonyl (C=O) groups is 1. The number of pyridine rings is 1. The molecule has 0 radical (unpaired) electrons. The van der Waals surface area contributed by atoms with Gasteiger partial charge in [-0.3, -0.25) is 14.6 Å². The molecule has 3 heterocycles. The Labute approximate surface area is 221 Å². The summed E-state index contributed by atoms with van der Waals surface area (Å²) in [6.45, 7) is 3.59. The number of rotatable bonds is 6. The van der Waals surface area contributed by atoms with Crippen molar-refractivity contribution in [2.45, 2.75) is 31.0 Å². The minimum absolute atomic E-state index is 0.0154. The molecule has 3 fully saturated rings. The Morgan fingerprint density at radius 2 is 1.92 bits per heavy atom. The van der Waals surface area contributed by atoms with Crippen molar-refractivity contribution in [1.82, 2.24) is 9.88 Å². The van der Waals surface area contributed by atoms with Gasteiger partial charge in [0.1, 0.15) is 18.2 Å². The van der Waals surface area contributed by atoms with Crippen molar-refractivity contribution in [1.29, 1.82) is 5.26 Å². The molecule has 2 aliphatic heterocycles. The molecule has 3 aliphatic rings. The highest BCUT2D eigenvalue weighted by Crippen LogP contribution is 2.48. The first kappa shape index (κ1) is 26.3. The molecule has 1 spiro atoms. The van der Waals surface area contributed by atoms with Crippen molar-refractivity contribution in [2.75, 3.05) is 49.3 Å². The topological polar surface area (TPSA) is 81.9 Å². The third-order valence-corrected chi connectivity index (χ3v) is 7.44. The molecule has 0 N–H and O–H groups in total. The van der Waals surface area contributed by atoms with Crippen molar-refractivity contribution in [3.63, 3.8) is 0 Å². The number of morpholine rings is 1. The summed E-state index contributed by atoms with van der Waals surface area (Å²) in [4.78, 5) is 22.0. The quantitative estimate of drug-likeness (QED) is 0.397. The molecule has 1 saturated carbocycles. The number of carbonyl (C=O) groups excluding carboxylic acids is 1. The first-order valence-corrected chi connectivity index (χ1v) is 12.4. The molecule has 0 unspecified atom stereocenters. The van der Waals surface area contributed by atoms with Crippen molar-refractivity contribution in [3.05, 3.63) is 47.5 Å². The Morgan fingerprint density at radius 3 is 2.55 bits per heavy atom. The molecular weight excluding hydrogens is 526 g/mol. The molecular formula is C25H23F4N5O3S. The zero-order chi connectivity index (χ0) is 27.1. The average molecular weight is 550 g/mol. The minimum atomic E-state index is -4.85. The molecule has 1 amide bonds. The molecule has 1 aromatic heterocycles. The Hall–Kier alpha value is -3.34. The Kier molecular flexibility index (Phi) is 6.97. The van der Waals surface area contributed by atoms with Crippen LogP contribution in [-0.4, -0.2) is 65.9 Å². The second kappa shape index (κ2) is 10.1. The molecule has 38 heavy (non-hydrogen) atoms. The van der Waals surface area contributed by atoms with E-state index in [1.807, 2.05) is 0 Å². The molecule has 5 rings (SSSR count). The lowest BCUT2D eigenvalue weighted by atomic mass is 9.75. The van der Waals surface area contributed by atoms with Gasteiger partial charge in [0, 0.05) is 31.4 Å². The summed E-state index contributed by atoms with van der Waals surface area (Å²) in [7, 11) is 0. The van der Waals surface area contributed by atoms with E-state index in [4.69, 9.17) is 27.0 Å². The second-order valence-electron chi connectivity index (χ2n) is 9.26. The van der Waals surface area contributed by atoms with Gasteiger partial charge in [0.25, 0.3) is 5.91 Å². The van der Waals surface area contributed by atoms with Gasteiger partial charge in [-0.15, -0.1) is 0 Å². The van der Waals surface area contributed by atoms with Crippen LogP contribution in [0.2, 0.25) is 0 Å². The van der Waals surface area contributed by atoms with E-state index in [0.29, 0.717) is 50.8 Å². The molecule has 2 aromatic rings. The number of thiocarbonyl (C=S) groups is 1. The number of anilines is 2. The first-order valence-electron chi connectivity index (χ1n) is 12.0. The van der Waals surface area contributed by atoms with Gasteiger partial charge in [-0.25, -0.2) is 9.37 Å². The van der Waals surface area contributed by atoms with Crippen LogP contribution in [0.1, 0.15) is 30.5 Å². The highest BCUT2D eigenvalue weighted by molar-refractivity contribution is 7.81. The normalized spacial score (nSPS) is 19.6. The van der Waals surface area contributed by atoms with Crippen LogP contribution in [0.4, 0.5) is 28.9 Å². The third-order valence-electron chi connectivity index (χ3n) is 7.08. The summed E-state index contributed by atoms with van der Waals surface area (Å²) < 4.78 is 66.4. The Balaban J connectivity index is 1.44. The second-order valence-corrected chi connectivity index (χ2v) is 9.63. The fourth-order valence-electron chi connectivity index (χ4n) is 4.94. The fourth-order valence-corrected chi connectivity index (χ4v) is 5.41. The van der Waals surface area contributed by atoms with E-state index in [1.54, 1.807) is 4.90 Å². The maximum atomic E-state index is 14.6. The monoisotopic (exact) mass is 549 g/mol. The van der Waals surface area contributed by atoms with Gasteiger partial charge in [0.15, 0.2) is 22.4 Å². The lowest BCUT2D eigenvalue weighted by Gasteiger charge is -2.43. The third kappa shape index (κ3) is 4.57. The van der Waals surface area contributed by atoms with E-state index in [2.05, 4.69) is 9.88 Å². The lowest BCUT2D eigenvalue weighted by Crippen LogP contribution is -2.55. The van der Waals surface area contributed by atoms with Gasteiger partial charge >= 0.3 is 6.18 Å². The number of halogens is 4. The SMILES string of the molecule is N#Cc1ncc(N2C(=O)C3(CCC3)N(c3ccc(F)c(OCCN4CCOCC4)c3)C2=S)cc1C(F)(F)F. The zero-order valence-corrected chi connectivity index (χ0v) is 20.9. The molecule has 1 aromatic carbocycles. The van der Waals surface area contributed by atoms with E-state index in [0.717, 1.165) is 24.2 Å². The van der Waals surface area contributed by atoms with Crippen molar-refractivity contribution < 1.29 is 31.8 Å². The molecule has 1 aliphatic carbocycles. The number of aromatic nitrogens is 1. The van der Waals surface area contributed by atoms with E-state index in [-0.39, 0.29) is 23.2 Å². The highest BCUT2D eigenvalue weighted by Gasteiger charge is 2.60. The van der Waals surface area contributed by atoms with Crippen LogP contribution < -0.4 is 14.5 Å². The summed E-state index contributed by atoms with van der Waals surface area (Å²) in [6, 6.07) is 6.27. The molecule has 0 atom stereocenters. The standard InChI is InChI=1S/C25H23F4N5O3S/c26-19-3-2-16(13-21(19)37-11-8-32-6-9-36-10-7-32)34-23(38)33(22(35)24(34)4-1-5-24)17-12-18(25(27,28)29)20(14-30)31-15-17/h2-3,12-13,15H,1,4-11H2. The number of hydrogen-bond donors (Lipinski definition) is 0. The highest BCUT2D eigenvalue weighted by atomic mass is 32.1. The van der Waals surface area contributed by atoms with Gasteiger partial charge in [0.2, 0.25) is 0 Å². The number of amides is 1. The van der Waals surface area contributed by atoms with E-state index in [9.17, 15) is 22.4 Å². The molecule has 2 saturated heterocycles. The number of hydrogen-bond acceptors (Lipinski definition) is 7. The molecule has 13 heteroatoms. The summed E-state index contributed by atoms with van der Waals surface area (Å²) in [6.07, 6.45) is -2.27. The summed E-state index contributed by atoms with van der Waals surface area (Å²) in [5.41, 5.74) is -2.96. The molecule has 8 nitrogen and oxygen atoms in total. The van der Waals surface area contributed by atoms with Crippen LogP contribution in [0.25, 0.3) is 0 Å². The van der Waals surface area contributed by atoms with E-state index < -0.39 is 34.7 Å². The number of benzene rings is 1. The number of nitriles is 1. The summed E-state index contributed by atoms with van der Waals surface area (Å²) >= 11 is 5.60. The largest absolute Gasteiger partial charge is 0.489 e. The van der Waals surface area contributed by atoms with Crippen LogP contribution >= 0.6 is 12.2 Å². The average Bonchev–Trinajstić information content (AvgIpc) is 3.11. The van der Waals surface area contributed by atoms with Gasteiger partial charge in [0.05, 0.1) is 30.7 Å². The van der Waals surface area contributed by atoms with Gasteiger partial charge in [-0.05, 0) is 49.7 Å². The minimum Gasteiger partial charge on any atom is -0.489 e. The first-order chi connectivity index (χ1) is 18.2. The summed E-state index contributed by atoms with van der Waals surface area (Å²) in [5, 5.41) is 9.01. The van der Waals surface area contributed by atoms with Gasteiger partial charge < -0.3 is 14.4 Å². The number of nitrogens with zero attached hydrogens (tertiary/aromatic N) is 5. The number of ether oxygens (including phenoxy) is 2. The fraction of sp³-hybridized carbons (Fsp3) is 0.440. The van der Waals surface area contributed by atoms with Crippen LogP contribution in [-0.2, 0) is 15.7 Å². The molecule has 200 valence electrons. The smallest absolute Gasteiger partial charge is 0.419 e. The van der Waals surface area contributed by atoms with E-state index >= 15 is 0 Å². The van der Waals surface area contributed by atoms with Crippen LogP contribution in [0.15, 0.2) is 30.5 Å². The maximum Gasteiger partial charge on any atom is 0.419 e. The van der Waals surface area contributed by atoms with Crippen LogP contribution in [0, 0.1) is 17.1 Å². The number of alkyl halides is 3. The van der Waals surface area contributed by atoms with Crippen molar-refractivity contribution in [2.24, 2.45) is 0 Å². The van der Waals surface area contributed by atoms with Crippen LogP contribution in [0.3, 0.4) is 0 Å². The Bertz CT molecular complexity index is 1300. The Morgan fingerprint density at radius 1 is 1.18 bits per heavy atom. The predicted octanol–water partition coefficient (Wildman–Crippen LogP) is 3.88. The lowest BCUT2D eigenvalue weighted by molar-refractivity contribution is -0.138. The van der Waals surface area contributed by atoms with Crippen molar-refractivity contribution >= 4 is 34.6 Å².